The van der Waals surface area contributed by atoms with E-state index < -0.39 is 0 Å². The quantitative estimate of drug-likeness (QED) is 0.813. The molecule has 2 atom stereocenters. The number of carbonyl (C=O) groups is 1. The fourth-order valence-corrected chi connectivity index (χ4v) is 2.91. The van der Waals surface area contributed by atoms with Gasteiger partial charge in [-0.25, -0.2) is 0 Å². The molecule has 1 aromatic rings. The summed E-state index contributed by atoms with van der Waals surface area (Å²) in [6.07, 6.45) is 1.02. The molecule has 2 rings (SSSR count). The van der Waals surface area contributed by atoms with Crippen LogP contribution in [0.5, 0.6) is 11.5 Å². The molecule has 1 N–H and O–H groups in total. The Labute approximate surface area is 132 Å². The van der Waals surface area contributed by atoms with Gasteiger partial charge in [0.25, 0.3) is 0 Å². The fraction of sp³-hybridized carbons (Fsp3) is 0.588. The monoisotopic (exact) mass is 306 g/mol. The Morgan fingerprint density at radius 1 is 1.27 bits per heavy atom. The molecule has 0 bridgehead atoms. The van der Waals surface area contributed by atoms with Crippen molar-refractivity contribution in [1.82, 2.24) is 10.2 Å². The van der Waals surface area contributed by atoms with Crippen molar-refractivity contribution in [2.24, 2.45) is 5.92 Å². The second kappa shape index (κ2) is 7.61. The van der Waals surface area contributed by atoms with Gasteiger partial charge in [-0.1, -0.05) is 19.9 Å². The Kier molecular flexibility index (Phi) is 5.80. The van der Waals surface area contributed by atoms with Crippen molar-refractivity contribution >= 4 is 6.29 Å². The molecule has 0 radical (unpaired) electrons. The van der Waals surface area contributed by atoms with E-state index in [-0.39, 0.29) is 6.04 Å². The van der Waals surface area contributed by atoms with Gasteiger partial charge in [0, 0.05) is 25.7 Å². The lowest BCUT2D eigenvalue weighted by Crippen LogP contribution is -2.53. The van der Waals surface area contributed by atoms with E-state index in [1.54, 1.807) is 14.2 Å². The zero-order valence-corrected chi connectivity index (χ0v) is 13.8. The summed E-state index contributed by atoms with van der Waals surface area (Å²) in [5, 5.41) is 3.52. The summed E-state index contributed by atoms with van der Waals surface area (Å²) >= 11 is 0. The highest BCUT2D eigenvalue weighted by Gasteiger charge is 2.28. The minimum absolute atomic E-state index is 0.247. The molecule has 0 aromatic heterocycles. The number of hydrogen-bond acceptors (Lipinski definition) is 5. The summed E-state index contributed by atoms with van der Waals surface area (Å²) in [5.74, 6) is 1.87. The van der Waals surface area contributed by atoms with Gasteiger partial charge < -0.3 is 19.6 Å². The Morgan fingerprint density at radius 3 is 2.59 bits per heavy atom. The van der Waals surface area contributed by atoms with Crippen molar-refractivity contribution in [3.8, 4) is 11.5 Å². The maximum atomic E-state index is 11.7. The molecule has 1 fully saturated rings. The lowest BCUT2D eigenvalue weighted by Gasteiger charge is -2.38. The van der Waals surface area contributed by atoms with Gasteiger partial charge in [-0.3, -0.25) is 4.90 Å². The molecule has 0 spiro atoms. The summed E-state index contributed by atoms with van der Waals surface area (Å²) < 4.78 is 10.6. The Bertz CT molecular complexity index is 505. The van der Waals surface area contributed by atoms with Crippen LogP contribution in [0.25, 0.3) is 0 Å². The highest BCUT2D eigenvalue weighted by molar-refractivity contribution is 5.63. The first-order chi connectivity index (χ1) is 10.6. The Balaban J connectivity index is 2.22. The average molecular weight is 306 g/mol. The summed E-state index contributed by atoms with van der Waals surface area (Å²) in [6.45, 7) is 7.04. The van der Waals surface area contributed by atoms with Crippen molar-refractivity contribution in [2.75, 3.05) is 33.9 Å². The summed E-state index contributed by atoms with van der Waals surface area (Å²) in [4.78, 5) is 13.9. The third kappa shape index (κ3) is 3.59. The molecule has 2 unspecified atom stereocenters. The molecule has 5 heteroatoms. The number of methoxy groups -OCH3 is 2. The molecule has 1 aliphatic heterocycles. The van der Waals surface area contributed by atoms with Gasteiger partial charge >= 0.3 is 0 Å². The highest BCUT2D eigenvalue weighted by Crippen LogP contribution is 2.31. The highest BCUT2D eigenvalue weighted by atomic mass is 16.5. The summed E-state index contributed by atoms with van der Waals surface area (Å²) in [7, 11) is 3.22. The predicted octanol–water partition coefficient (Wildman–Crippen LogP) is 1.87. The van der Waals surface area contributed by atoms with Crippen LogP contribution in [0.1, 0.15) is 25.5 Å². The first-order valence-corrected chi connectivity index (χ1v) is 7.75. The standard InChI is InChI=1S/C17H26N2O3/c1-12(2)14-10-19(8-7-18-14)15(11-20)13-5-6-16(21-3)17(9-13)22-4/h5-6,9,11-12,14-15,18H,7-8,10H2,1-4H3. The third-order valence-electron chi connectivity index (χ3n) is 4.31. The largest absolute Gasteiger partial charge is 0.493 e. The topological polar surface area (TPSA) is 50.8 Å². The van der Waals surface area contributed by atoms with E-state index in [9.17, 15) is 4.79 Å². The van der Waals surface area contributed by atoms with Crippen LogP contribution in [-0.4, -0.2) is 51.1 Å². The number of nitrogens with zero attached hydrogens (tertiary/aromatic N) is 1. The van der Waals surface area contributed by atoms with Gasteiger partial charge in [0.15, 0.2) is 11.5 Å². The van der Waals surface area contributed by atoms with Crippen LogP contribution >= 0.6 is 0 Å². The van der Waals surface area contributed by atoms with E-state index in [4.69, 9.17) is 9.47 Å². The second-order valence-corrected chi connectivity index (χ2v) is 5.99. The van der Waals surface area contributed by atoms with Crippen molar-refractivity contribution in [3.63, 3.8) is 0 Å². The molecule has 1 saturated heterocycles. The van der Waals surface area contributed by atoms with E-state index in [2.05, 4.69) is 24.1 Å². The van der Waals surface area contributed by atoms with Gasteiger partial charge in [0.2, 0.25) is 0 Å². The lowest BCUT2D eigenvalue weighted by molar-refractivity contribution is -0.113. The van der Waals surface area contributed by atoms with E-state index in [0.29, 0.717) is 23.5 Å². The van der Waals surface area contributed by atoms with E-state index in [1.165, 1.54) is 0 Å². The number of carbonyl (C=O) groups excluding carboxylic acids is 1. The number of ether oxygens (including phenoxy) is 2. The third-order valence-corrected chi connectivity index (χ3v) is 4.31. The number of nitrogens with one attached hydrogen (secondary N) is 1. The molecule has 22 heavy (non-hydrogen) atoms. The lowest BCUT2D eigenvalue weighted by atomic mass is 9.98. The minimum atomic E-state index is -0.247. The van der Waals surface area contributed by atoms with Crippen LogP contribution in [-0.2, 0) is 4.79 Å². The van der Waals surface area contributed by atoms with Crippen LogP contribution in [0.4, 0.5) is 0 Å². The first-order valence-electron chi connectivity index (χ1n) is 7.75. The molecule has 1 heterocycles. The van der Waals surface area contributed by atoms with Crippen molar-refractivity contribution < 1.29 is 14.3 Å². The second-order valence-electron chi connectivity index (χ2n) is 5.99. The maximum Gasteiger partial charge on any atom is 0.161 e. The predicted molar refractivity (Wildman–Crippen MR) is 86.6 cm³/mol. The Hall–Kier alpha value is -1.59. The fourth-order valence-electron chi connectivity index (χ4n) is 2.91. The van der Waals surface area contributed by atoms with Crippen molar-refractivity contribution in [2.45, 2.75) is 25.9 Å². The van der Waals surface area contributed by atoms with Crippen molar-refractivity contribution in [3.05, 3.63) is 23.8 Å². The smallest absolute Gasteiger partial charge is 0.161 e. The van der Waals surface area contributed by atoms with E-state index >= 15 is 0 Å². The minimum Gasteiger partial charge on any atom is -0.493 e. The van der Waals surface area contributed by atoms with Crippen LogP contribution < -0.4 is 14.8 Å². The number of rotatable bonds is 6. The van der Waals surface area contributed by atoms with Crippen LogP contribution in [0.3, 0.4) is 0 Å². The van der Waals surface area contributed by atoms with E-state index in [1.807, 2.05) is 18.2 Å². The summed E-state index contributed by atoms with van der Waals surface area (Å²) in [5.41, 5.74) is 0.942. The van der Waals surface area contributed by atoms with Gasteiger partial charge in [-0.15, -0.1) is 0 Å². The SMILES string of the molecule is COc1ccc(C(C=O)N2CCNC(C(C)C)C2)cc1OC. The molecule has 1 aliphatic rings. The normalized spacial score (nSPS) is 20.7. The van der Waals surface area contributed by atoms with Gasteiger partial charge in [0.1, 0.15) is 6.29 Å². The molecule has 0 saturated carbocycles. The molecule has 0 aliphatic carbocycles. The zero-order chi connectivity index (χ0) is 16.1. The molecule has 0 amide bonds. The molecule has 5 nitrogen and oxygen atoms in total. The van der Waals surface area contributed by atoms with Gasteiger partial charge in [0.05, 0.1) is 20.3 Å². The number of piperazine rings is 1. The van der Waals surface area contributed by atoms with Crippen LogP contribution in [0.15, 0.2) is 18.2 Å². The number of hydrogen-bond donors (Lipinski definition) is 1. The van der Waals surface area contributed by atoms with Crippen molar-refractivity contribution in [1.29, 1.82) is 0 Å². The van der Waals surface area contributed by atoms with Crippen LogP contribution in [0, 0.1) is 5.92 Å². The summed E-state index contributed by atoms with van der Waals surface area (Å²) in [6, 6.07) is 5.85. The Morgan fingerprint density at radius 2 is 2.00 bits per heavy atom. The number of benzene rings is 1. The zero-order valence-electron chi connectivity index (χ0n) is 13.8. The molecule has 122 valence electrons. The first kappa shape index (κ1) is 16.8. The van der Waals surface area contributed by atoms with E-state index in [0.717, 1.165) is 31.5 Å². The molecule has 1 aromatic carbocycles. The van der Waals surface area contributed by atoms with Crippen LogP contribution in [0.2, 0.25) is 0 Å². The number of aldehydes is 1. The maximum absolute atomic E-state index is 11.7. The molecular weight excluding hydrogens is 280 g/mol. The van der Waals surface area contributed by atoms with Gasteiger partial charge in [-0.05, 0) is 23.6 Å². The molecular formula is C17H26N2O3. The van der Waals surface area contributed by atoms with Gasteiger partial charge in [-0.2, -0.15) is 0 Å². The average Bonchev–Trinajstić information content (AvgIpc) is 2.55.